The molecule has 0 saturated carbocycles. The molecule has 2 aromatic carbocycles. The Bertz CT molecular complexity index is 770. The molecule has 1 aliphatic heterocycles. The zero-order chi connectivity index (χ0) is 17.8. The maximum atomic E-state index is 12.2. The Morgan fingerprint density at radius 1 is 1.35 bits per heavy atom. The molecular weight excluding hydrogens is 375 g/mol. The minimum atomic E-state index is -0.459. The van der Waals surface area contributed by atoms with Crippen molar-refractivity contribution in [1.82, 2.24) is 5.32 Å². The summed E-state index contributed by atoms with van der Waals surface area (Å²) in [6, 6.07) is 12.7. The number of carbonyl (C=O) groups is 1. The second-order valence-electron chi connectivity index (χ2n) is 6.23. The number of halogens is 2. The molecule has 3 rings (SSSR count). The summed E-state index contributed by atoms with van der Waals surface area (Å²) < 4.78 is 5.78. The SMILES string of the molecule is Cc1cc(OCc2cccc(Cl)c2)ccc1NC(=O)C1CC(O)CN1.Cl. The van der Waals surface area contributed by atoms with Crippen molar-refractivity contribution < 1.29 is 14.6 Å². The zero-order valence-corrected chi connectivity index (χ0v) is 15.9. The molecule has 0 aliphatic carbocycles. The summed E-state index contributed by atoms with van der Waals surface area (Å²) in [5.41, 5.74) is 2.65. The molecule has 0 spiro atoms. The Balaban J connectivity index is 0.00000243. The standard InChI is InChI=1S/C19H21ClN2O3.ClH/c1-12-7-16(25-11-13-3-2-4-14(20)8-13)5-6-17(12)22-19(24)18-9-15(23)10-21-18;/h2-8,15,18,21,23H,9-11H2,1H3,(H,22,24);1H. The van der Waals surface area contributed by atoms with E-state index in [-0.39, 0.29) is 24.4 Å². The first-order chi connectivity index (χ1) is 12.0. The van der Waals surface area contributed by atoms with Gasteiger partial charge in [-0.25, -0.2) is 0 Å². The van der Waals surface area contributed by atoms with E-state index >= 15 is 0 Å². The highest BCUT2D eigenvalue weighted by atomic mass is 35.5. The van der Waals surface area contributed by atoms with Gasteiger partial charge in [-0.3, -0.25) is 4.79 Å². The Morgan fingerprint density at radius 2 is 2.15 bits per heavy atom. The predicted octanol–water partition coefficient (Wildman–Crippen LogP) is 3.31. The molecule has 2 atom stereocenters. The van der Waals surface area contributed by atoms with Crippen LogP contribution in [0.25, 0.3) is 0 Å². The summed E-state index contributed by atoms with van der Waals surface area (Å²) in [4.78, 5) is 12.2. The number of hydrogen-bond acceptors (Lipinski definition) is 4. The second-order valence-corrected chi connectivity index (χ2v) is 6.67. The number of rotatable bonds is 5. The lowest BCUT2D eigenvalue weighted by molar-refractivity contribution is -0.117. The van der Waals surface area contributed by atoms with Gasteiger partial charge in [-0.05, 0) is 54.8 Å². The van der Waals surface area contributed by atoms with E-state index in [1.807, 2.05) is 49.4 Å². The van der Waals surface area contributed by atoms with E-state index in [0.29, 0.717) is 24.6 Å². The van der Waals surface area contributed by atoms with Crippen LogP contribution in [0.1, 0.15) is 17.5 Å². The third-order valence-electron chi connectivity index (χ3n) is 4.17. The number of β-amino-alcohol motifs (C(OH)–C–C–N with tert-alkyl or cyclic N) is 1. The van der Waals surface area contributed by atoms with Crippen molar-refractivity contribution in [3.8, 4) is 5.75 Å². The van der Waals surface area contributed by atoms with Crippen LogP contribution in [0.15, 0.2) is 42.5 Å². The molecule has 1 heterocycles. The molecule has 7 heteroatoms. The molecule has 0 bridgehead atoms. The molecule has 1 amide bonds. The van der Waals surface area contributed by atoms with Crippen molar-refractivity contribution in [1.29, 1.82) is 0 Å². The van der Waals surface area contributed by atoms with E-state index in [1.54, 1.807) is 0 Å². The van der Waals surface area contributed by atoms with Gasteiger partial charge >= 0.3 is 0 Å². The topological polar surface area (TPSA) is 70.6 Å². The largest absolute Gasteiger partial charge is 0.489 e. The summed E-state index contributed by atoms with van der Waals surface area (Å²) >= 11 is 5.97. The molecule has 0 radical (unpaired) electrons. The molecule has 2 aromatic rings. The third kappa shape index (κ3) is 5.35. The zero-order valence-electron chi connectivity index (χ0n) is 14.4. The molecule has 3 N–H and O–H groups in total. The summed E-state index contributed by atoms with van der Waals surface area (Å²) in [5.74, 6) is 0.595. The average molecular weight is 397 g/mol. The minimum Gasteiger partial charge on any atom is -0.489 e. The first-order valence-electron chi connectivity index (χ1n) is 8.21. The first kappa shape index (κ1) is 20.5. The predicted molar refractivity (Wildman–Crippen MR) is 105 cm³/mol. The van der Waals surface area contributed by atoms with E-state index in [9.17, 15) is 9.90 Å². The molecule has 2 unspecified atom stereocenters. The van der Waals surface area contributed by atoms with Crippen molar-refractivity contribution >= 4 is 35.6 Å². The molecule has 26 heavy (non-hydrogen) atoms. The van der Waals surface area contributed by atoms with Gasteiger partial charge in [0.2, 0.25) is 5.91 Å². The summed E-state index contributed by atoms with van der Waals surface area (Å²) in [5, 5.41) is 16.1. The average Bonchev–Trinajstić information content (AvgIpc) is 3.02. The number of benzene rings is 2. The van der Waals surface area contributed by atoms with Crippen LogP contribution in [0, 0.1) is 6.92 Å². The van der Waals surface area contributed by atoms with Crippen LogP contribution < -0.4 is 15.4 Å². The number of aliphatic hydroxyl groups excluding tert-OH is 1. The molecular formula is C19H22Cl2N2O3. The van der Waals surface area contributed by atoms with Gasteiger partial charge in [0.1, 0.15) is 12.4 Å². The maximum Gasteiger partial charge on any atom is 0.241 e. The van der Waals surface area contributed by atoms with Gasteiger partial charge in [-0.15, -0.1) is 12.4 Å². The lowest BCUT2D eigenvalue weighted by atomic mass is 10.1. The number of carbonyl (C=O) groups excluding carboxylic acids is 1. The summed E-state index contributed by atoms with van der Waals surface area (Å²) in [7, 11) is 0. The fraction of sp³-hybridized carbons (Fsp3) is 0.316. The second kappa shape index (κ2) is 9.24. The van der Waals surface area contributed by atoms with Crippen molar-refractivity contribution in [2.45, 2.75) is 32.1 Å². The Hall–Kier alpha value is -1.79. The quantitative estimate of drug-likeness (QED) is 0.724. The van der Waals surface area contributed by atoms with Crippen LogP contribution in [-0.4, -0.2) is 29.7 Å². The fourth-order valence-corrected chi connectivity index (χ4v) is 3.01. The van der Waals surface area contributed by atoms with Gasteiger partial charge in [-0.1, -0.05) is 23.7 Å². The lowest BCUT2D eigenvalue weighted by Gasteiger charge is -2.14. The van der Waals surface area contributed by atoms with Gasteiger partial charge in [-0.2, -0.15) is 0 Å². The summed E-state index contributed by atoms with van der Waals surface area (Å²) in [6.45, 7) is 2.79. The van der Waals surface area contributed by atoms with E-state index < -0.39 is 6.10 Å². The highest BCUT2D eigenvalue weighted by molar-refractivity contribution is 6.30. The number of ether oxygens (including phenoxy) is 1. The van der Waals surface area contributed by atoms with E-state index in [0.717, 1.165) is 22.6 Å². The number of amides is 1. The third-order valence-corrected chi connectivity index (χ3v) is 4.41. The van der Waals surface area contributed by atoms with Crippen molar-refractivity contribution in [3.05, 3.63) is 58.6 Å². The van der Waals surface area contributed by atoms with Crippen LogP contribution in [0.2, 0.25) is 5.02 Å². The van der Waals surface area contributed by atoms with E-state index in [2.05, 4.69) is 10.6 Å². The number of aryl methyl sites for hydroxylation is 1. The van der Waals surface area contributed by atoms with Gasteiger partial charge in [0.25, 0.3) is 0 Å². The number of nitrogens with one attached hydrogen (secondary N) is 2. The van der Waals surface area contributed by atoms with Crippen LogP contribution in [0.3, 0.4) is 0 Å². The Labute approximate surface area is 164 Å². The molecule has 1 fully saturated rings. The minimum absolute atomic E-state index is 0. The van der Waals surface area contributed by atoms with Gasteiger partial charge in [0.05, 0.1) is 12.1 Å². The van der Waals surface area contributed by atoms with Crippen LogP contribution in [-0.2, 0) is 11.4 Å². The van der Waals surface area contributed by atoms with Crippen molar-refractivity contribution in [2.75, 3.05) is 11.9 Å². The highest BCUT2D eigenvalue weighted by Gasteiger charge is 2.28. The monoisotopic (exact) mass is 396 g/mol. The van der Waals surface area contributed by atoms with Gasteiger partial charge in [0, 0.05) is 17.3 Å². The van der Waals surface area contributed by atoms with Crippen LogP contribution in [0.4, 0.5) is 5.69 Å². The molecule has 1 saturated heterocycles. The molecule has 140 valence electrons. The van der Waals surface area contributed by atoms with E-state index in [1.165, 1.54) is 0 Å². The molecule has 0 aromatic heterocycles. The normalized spacial score (nSPS) is 18.9. The Morgan fingerprint density at radius 3 is 2.81 bits per heavy atom. The van der Waals surface area contributed by atoms with Crippen molar-refractivity contribution in [2.24, 2.45) is 0 Å². The van der Waals surface area contributed by atoms with Gasteiger partial charge in [0.15, 0.2) is 0 Å². The molecule has 5 nitrogen and oxygen atoms in total. The smallest absolute Gasteiger partial charge is 0.241 e. The summed E-state index contributed by atoms with van der Waals surface area (Å²) in [6.07, 6.45) is -0.0229. The molecule has 1 aliphatic rings. The van der Waals surface area contributed by atoms with Crippen LogP contribution in [0.5, 0.6) is 5.75 Å². The fourth-order valence-electron chi connectivity index (χ4n) is 2.80. The van der Waals surface area contributed by atoms with Gasteiger partial charge < -0.3 is 20.5 Å². The van der Waals surface area contributed by atoms with Crippen LogP contribution >= 0.6 is 24.0 Å². The van der Waals surface area contributed by atoms with Crippen molar-refractivity contribution in [3.63, 3.8) is 0 Å². The number of aliphatic hydroxyl groups is 1. The van der Waals surface area contributed by atoms with E-state index in [4.69, 9.17) is 16.3 Å². The maximum absolute atomic E-state index is 12.2. The lowest BCUT2D eigenvalue weighted by Crippen LogP contribution is -2.35. The Kier molecular flexibility index (Phi) is 7.29. The number of anilines is 1. The highest BCUT2D eigenvalue weighted by Crippen LogP contribution is 2.23. The first-order valence-corrected chi connectivity index (χ1v) is 8.59. The number of hydrogen-bond donors (Lipinski definition) is 3.